The Hall–Kier alpha value is -1.68. The van der Waals surface area contributed by atoms with Crippen LogP contribution in [0.1, 0.15) is 38.9 Å². The van der Waals surface area contributed by atoms with E-state index < -0.39 is 10.0 Å². The van der Waals surface area contributed by atoms with Crippen molar-refractivity contribution in [1.82, 2.24) is 29.7 Å². The van der Waals surface area contributed by atoms with Gasteiger partial charge in [0.05, 0.1) is 5.75 Å². The first-order valence-corrected chi connectivity index (χ1v) is 10.9. The highest BCUT2D eigenvalue weighted by Crippen LogP contribution is 2.15. The lowest BCUT2D eigenvalue weighted by molar-refractivity contribution is 0.306. The normalized spacial score (nSPS) is 17.4. The summed E-state index contributed by atoms with van der Waals surface area (Å²) in [4.78, 5) is 4.26. The maximum atomic E-state index is 12.1. The first-order chi connectivity index (χ1) is 12.5. The number of rotatable bonds is 8. The lowest BCUT2D eigenvalue weighted by Gasteiger charge is -2.32. The highest BCUT2D eigenvalue weighted by Gasteiger charge is 2.27. The van der Waals surface area contributed by atoms with E-state index in [9.17, 15) is 8.42 Å². The van der Waals surface area contributed by atoms with Crippen molar-refractivity contribution in [2.24, 2.45) is 4.99 Å². The Balaban J connectivity index is 1.75. The van der Waals surface area contributed by atoms with E-state index in [2.05, 4.69) is 32.7 Å². The van der Waals surface area contributed by atoms with Crippen LogP contribution in [-0.2, 0) is 23.0 Å². The number of piperidine rings is 1. The fourth-order valence-electron chi connectivity index (χ4n) is 3.09. The Kier molecular flexibility index (Phi) is 7.83. The quantitative estimate of drug-likeness (QED) is 0.490. The molecule has 0 radical (unpaired) electrons. The third kappa shape index (κ3) is 5.66. The Morgan fingerprint density at radius 3 is 2.69 bits per heavy atom. The van der Waals surface area contributed by atoms with Crippen molar-refractivity contribution in [2.45, 2.75) is 52.1 Å². The average molecular weight is 386 g/mol. The summed E-state index contributed by atoms with van der Waals surface area (Å²) in [7, 11) is -1.35. The lowest BCUT2D eigenvalue weighted by Crippen LogP contribution is -2.50. The Bertz CT molecular complexity index is 679. The molecular formula is C16H31N7O2S. The lowest BCUT2D eigenvalue weighted by atomic mass is 10.1. The van der Waals surface area contributed by atoms with Crippen LogP contribution in [0.25, 0.3) is 0 Å². The second kappa shape index (κ2) is 9.86. The molecule has 10 heteroatoms. The minimum absolute atomic E-state index is 0.232. The Morgan fingerprint density at radius 2 is 2.08 bits per heavy atom. The zero-order chi connectivity index (χ0) is 19.0. The summed E-state index contributed by atoms with van der Waals surface area (Å²) in [6.45, 7) is 6.57. The van der Waals surface area contributed by atoms with E-state index in [1.54, 1.807) is 17.7 Å². The van der Waals surface area contributed by atoms with E-state index in [1.807, 2.05) is 11.5 Å². The Labute approximate surface area is 156 Å². The molecule has 0 aromatic carbocycles. The van der Waals surface area contributed by atoms with Crippen molar-refractivity contribution in [2.75, 3.05) is 32.4 Å². The van der Waals surface area contributed by atoms with Crippen molar-refractivity contribution >= 4 is 16.0 Å². The molecule has 0 unspecified atom stereocenters. The van der Waals surface area contributed by atoms with Crippen molar-refractivity contribution in [3.05, 3.63) is 12.2 Å². The average Bonchev–Trinajstić information content (AvgIpc) is 3.08. The molecule has 1 aliphatic heterocycles. The zero-order valence-electron chi connectivity index (χ0n) is 16.0. The second-order valence-electron chi connectivity index (χ2n) is 6.43. The van der Waals surface area contributed by atoms with Crippen LogP contribution >= 0.6 is 0 Å². The van der Waals surface area contributed by atoms with Gasteiger partial charge in [-0.25, -0.2) is 12.7 Å². The summed E-state index contributed by atoms with van der Waals surface area (Å²) in [5, 5.41) is 14.7. The molecule has 1 aliphatic rings. The largest absolute Gasteiger partial charge is 0.355 e. The molecule has 0 bridgehead atoms. The number of hydrogen-bond acceptors (Lipinski definition) is 5. The monoisotopic (exact) mass is 385 g/mol. The van der Waals surface area contributed by atoms with Crippen LogP contribution < -0.4 is 10.6 Å². The first-order valence-electron chi connectivity index (χ1n) is 9.31. The Morgan fingerprint density at radius 1 is 1.35 bits per heavy atom. The number of nitrogens with one attached hydrogen (secondary N) is 2. The van der Waals surface area contributed by atoms with Gasteiger partial charge >= 0.3 is 0 Å². The van der Waals surface area contributed by atoms with Gasteiger partial charge in [-0.3, -0.25) is 4.99 Å². The summed E-state index contributed by atoms with van der Waals surface area (Å²) in [5.41, 5.74) is 0. The molecule has 0 spiro atoms. The number of aromatic nitrogens is 3. The number of sulfonamides is 1. The molecule has 1 saturated heterocycles. The maximum Gasteiger partial charge on any atom is 0.214 e. The molecule has 1 fully saturated rings. The summed E-state index contributed by atoms with van der Waals surface area (Å²) < 4.78 is 27.9. The predicted octanol–water partition coefficient (Wildman–Crippen LogP) is 0.210. The van der Waals surface area contributed by atoms with E-state index in [0.29, 0.717) is 26.1 Å². The molecule has 26 heavy (non-hydrogen) atoms. The number of aryl methyl sites for hydroxylation is 1. The van der Waals surface area contributed by atoms with Gasteiger partial charge in [0.15, 0.2) is 5.96 Å². The van der Waals surface area contributed by atoms with Crippen molar-refractivity contribution in [1.29, 1.82) is 0 Å². The predicted molar refractivity (Wildman–Crippen MR) is 103 cm³/mol. The van der Waals surface area contributed by atoms with Crippen molar-refractivity contribution in [3.8, 4) is 0 Å². The molecular weight excluding hydrogens is 354 g/mol. The topological polar surface area (TPSA) is 105 Å². The van der Waals surface area contributed by atoms with Crippen LogP contribution in [-0.4, -0.2) is 71.9 Å². The summed E-state index contributed by atoms with van der Waals surface area (Å²) >= 11 is 0. The summed E-state index contributed by atoms with van der Waals surface area (Å²) in [5.74, 6) is 1.94. The van der Waals surface area contributed by atoms with Gasteiger partial charge in [0.25, 0.3) is 0 Å². The maximum absolute atomic E-state index is 12.1. The SMILES string of the molecule is CCCS(=O)(=O)N1CCC(NC(=NC)NCCn2cnnc2CC)CC1. The van der Waals surface area contributed by atoms with Crippen LogP contribution in [0, 0.1) is 0 Å². The summed E-state index contributed by atoms with van der Waals surface area (Å²) in [6, 6.07) is 0.232. The summed E-state index contributed by atoms with van der Waals surface area (Å²) in [6.07, 6.45) is 4.82. The minimum atomic E-state index is -3.09. The molecule has 1 aromatic heterocycles. The van der Waals surface area contributed by atoms with Crippen LogP contribution in [0.3, 0.4) is 0 Å². The van der Waals surface area contributed by atoms with Crippen LogP contribution in [0.4, 0.5) is 0 Å². The molecule has 0 saturated carbocycles. The molecule has 1 aromatic rings. The van der Waals surface area contributed by atoms with Gasteiger partial charge < -0.3 is 15.2 Å². The van der Waals surface area contributed by atoms with E-state index >= 15 is 0 Å². The van der Waals surface area contributed by atoms with Gasteiger partial charge in [-0.05, 0) is 19.3 Å². The van der Waals surface area contributed by atoms with Gasteiger partial charge in [0, 0.05) is 45.7 Å². The van der Waals surface area contributed by atoms with Gasteiger partial charge in [-0.2, -0.15) is 0 Å². The number of guanidine groups is 1. The smallest absolute Gasteiger partial charge is 0.214 e. The molecule has 2 rings (SSSR count). The second-order valence-corrected chi connectivity index (χ2v) is 8.52. The molecule has 148 valence electrons. The molecule has 0 atom stereocenters. The molecule has 2 N–H and O–H groups in total. The van der Waals surface area contributed by atoms with E-state index in [1.165, 1.54) is 0 Å². The van der Waals surface area contributed by atoms with Gasteiger partial charge in [0.2, 0.25) is 10.0 Å². The highest BCUT2D eigenvalue weighted by atomic mass is 32.2. The third-order valence-corrected chi connectivity index (χ3v) is 6.61. The highest BCUT2D eigenvalue weighted by molar-refractivity contribution is 7.89. The van der Waals surface area contributed by atoms with Crippen molar-refractivity contribution < 1.29 is 8.42 Å². The fourth-order valence-corrected chi connectivity index (χ4v) is 4.63. The number of aliphatic imine (C=N–C) groups is 1. The standard InChI is InChI=1S/C16H31N7O2S/c1-4-12-26(24,25)23-9-6-14(7-10-23)20-16(17-3)18-8-11-22-13-19-21-15(22)5-2/h13-14H,4-12H2,1-3H3,(H2,17,18,20). The molecule has 0 amide bonds. The minimum Gasteiger partial charge on any atom is -0.355 e. The van der Waals surface area contributed by atoms with Gasteiger partial charge in [-0.15, -0.1) is 10.2 Å². The van der Waals surface area contributed by atoms with E-state index in [4.69, 9.17) is 0 Å². The molecule has 9 nitrogen and oxygen atoms in total. The zero-order valence-corrected chi connectivity index (χ0v) is 16.8. The fraction of sp³-hybridized carbons (Fsp3) is 0.812. The third-order valence-electron chi connectivity index (χ3n) is 4.53. The number of nitrogens with zero attached hydrogens (tertiary/aromatic N) is 5. The molecule has 0 aliphatic carbocycles. The van der Waals surface area contributed by atoms with E-state index in [-0.39, 0.29) is 11.8 Å². The van der Waals surface area contributed by atoms with Crippen molar-refractivity contribution in [3.63, 3.8) is 0 Å². The van der Waals surface area contributed by atoms with Crippen LogP contribution in [0.5, 0.6) is 0 Å². The van der Waals surface area contributed by atoms with Gasteiger partial charge in [0.1, 0.15) is 12.2 Å². The number of hydrogen-bond donors (Lipinski definition) is 2. The van der Waals surface area contributed by atoms with Gasteiger partial charge in [-0.1, -0.05) is 13.8 Å². The molecule has 2 heterocycles. The van der Waals surface area contributed by atoms with E-state index in [0.717, 1.165) is 37.6 Å². The van der Waals surface area contributed by atoms with Crippen LogP contribution in [0.15, 0.2) is 11.3 Å². The van der Waals surface area contributed by atoms with Crippen LogP contribution in [0.2, 0.25) is 0 Å². The first kappa shape index (κ1) is 20.6.